The maximum absolute atomic E-state index is 5.56. The fourth-order valence-corrected chi connectivity index (χ4v) is 4.10. The number of imidazole rings is 1. The molecule has 2 N–H and O–H groups in total. The van der Waals surface area contributed by atoms with E-state index in [1.165, 1.54) is 37.9 Å². The summed E-state index contributed by atoms with van der Waals surface area (Å²) in [5, 5.41) is 0. The molecule has 0 aromatic carbocycles. The van der Waals surface area contributed by atoms with Crippen molar-refractivity contribution in [3.05, 3.63) is 18.2 Å². The van der Waals surface area contributed by atoms with E-state index in [4.69, 9.17) is 5.73 Å². The van der Waals surface area contributed by atoms with Crippen LogP contribution in [0, 0.1) is 17.8 Å². The minimum Gasteiger partial charge on any atom is -0.336 e. The topological polar surface area (TPSA) is 47.1 Å². The maximum Gasteiger partial charge on any atom is 0.0950 e. The molecule has 0 saturated heterocycles. The van der Waals surface area contributed by atoms with Gasteiger partial charge in [0.15, 0.2) is 0 Å². The number of rotatable bonds is 6. The van der Waals surface area contributed by atoms with E-state index >= 15 is 0 Å². The van der Waals surface area contributed by atoms with Crippen LogP contribution in [0.5, 0.6) is 0 Å². The van der Waals surface area contributed by atoms with Crippen LogP contribution in [0.3, 0.4) is 0 Å². The Morgan fingerprint density at radius 3 is 3.00 bits per heavy atom. The molecule has 2 aliphatic carbocycles. The SMILES string of the molecule is CN(Cc1cn(CCN)cn1)CC1CC2CCC1C2. The van der Waals surface area contributed by atoms with E-state index in [0.29, 0.717) is 6.54 Å². The Kier molecular flexibility index (Phi) is 3.89. The van der Waals surface area contributed by atoms with Gasteiger partial charge < -0.3 is 15.2 Å². The summed E-state index contributed by atoms with van der Waals surface area (Å²) in [6.07, 6.45) is 9.97. The highest BCUT2D eigenvalue weighted by Gasteiger charge is 2.39. The number of fused-ring (bicyclic) bond motifs is 2. The monoisotopic (exact) mass is 262 g/mol. The van der Waals surface area contributed by atoms with Gasteiger partial charge in [0.05, 0.1) is 12.0 Å². The minimum atomic E-state index is 0.677. The molecule has 19 heavy (non-hydrogen) atoms. The first-order valence-corrected chi connectivity index (χ1v) is 7.64. The van der Waals surface area contributed by atoms with Gasteiger partial charge in [-0.1, -0.05) is 6.42 Å². The molecule has 2 saturated carbocycles. The van der Waals surface area contributed by atoms with Crippen molar-refractivity contribution in [1.29, 1.82) is 0 Å². The molecule has 0 aliphatic heterocycles. The molecular weight excluding hydrogens is 236 g/mol. The largest absolute Gasteiger partial charge is 0.336 e. The third-order valence-corrected chi connectivity index (χ3v) is 4.94. The van der Waals surface area contributed by atoms with Crippen molar-refractivity contribution in [2.24, 2.45) is 23.5 Å². The second-order valence-corrected chi connectivity index (χ2v) is 6.52. The minimum absolute atomic E-state index is 0.677. The molecule has 3 atom stereocenters. The average Bonchev–Trinajstić information content (AvgIpc) is 3.06. The van der Waals surface area contributed by atoms with Crippen LogP contribution in [0.15, 0.2) is 12.5 Å². The normalized spacial score (nSPS) is 29.5. The summed E-state index contributed by atoms with van der Waals surface area (Å²) in [5.74, 6) is 3.00. The van der Waals surface area contributed by atoms with E-state index in [2.05, 4.69) is 27.7 Å². The molecule has 1 heterocycles. The Labute approximate surface area is 116 Å². The van der Waals surface area contributed by atoms with Gasteiger partial charge in [-0.2, -0.15) is 0 Å². The molecule has 2 bridgehead atoms. The summed E-state index contributed by atoms with van der Waals surface area (Å²) in [5.41, 5.74) is 6.72. The second-order valence-electron chi connectivity index (χ2n) is 6.52. The predicted molar refractivity (Wildman–Crippen MR) is 76.6 cm³/mol. The first-order chi connectivity index (χ1) is 9.24. The molecular formula is C15H26N4. The Balaban J connectivity index is 1.49. The molecule has 4 heteroatoms. The fourth-order valence-electron chi connectivity index (χ4n) is 4.10. The van der Waals surface area contributed by atoms with Crippen LogP contribution in [0.1, 0.15) is 31.4 Å². The lowest BCUT2D eigenvalue weighted by atomic mass is 9.88. The lowest BCUT2D eigenvalue weighted by Crippen LogP contribution is -2.28. The smallest absolute Gasteiger partial charge is 0.0950 e. The van der Waals surface area contributed by atoms with Gasteiger partial charge in [0, 0.05) is 32.4 Å². The maximum atomic E-state index is 5.56. The summed E-state index contributed by atoms with van der Waals surface area (Å²) in [7, 11) is 2.23. The third-order valence-electron chi connectivity index (χ3n) is 4.94. The molecule has 1 aromatic heterocycles. The summed E-state index contributed by atoms with van der Waals surface area (Å²) >= 11 is 0. The highest BCUT2D eigenvalue weighted by molar-refractivity contribution is 4.97. The molecule has 106 valence electrons. The predicted octanol–water partition coefficient (Wildman–Crippen LogP) is 1.71. The van der Waals surface area contributed by atoms with Gasteiger partial charge in [0.25, 0.3) is 0 Å². The number of aromatic nitrogens is 2. The average molecular weight is 262 g/mol. The van der Waals surface area contributed by atoms with Gasteiger partial charge >= 0.3 is 0 Å². The van der Waals surface area contributed by atoms with Gasteiger partial charge in [0.2, 0.25) is 0 Å². The molecule has 3 unspecified atom stereocenters. The van der Waals surface area contributed by atoms with Crippen LogP contribution in [0.4, 0.5) is 0 Å². The number of nitrogens with zero attached hydrogens (tertiary/aromatic N) is 3. The molecule has 0 amide bonds. The quantitative estimate of drug-likeness (QED) is 0.849. The van der Waals surface area contributed by atoms with Crippen LogP contribution in [0.25, 0.3) is 0 Å². The van der Waals surface area contributed by atoms with Gasteiger partial charge in [-0.15, -0.1) is 0 Å². The van der Waals surface area contributed by atoms with Gasteiger partial charge in [0.1, 0.15) is 0 Å². The zero-order valence-electron chi connectivity index (χ0n) is 12.0. The molecule has 3 rings (SSSR count). The van der Waals surface area contributed by atoms with E-state index in [1.54, 1.807) is 0 Å². The van der Waals surface area contributed by atoms with Crippen LogP contribution in [0.2, 0.25) is 0 Å². The van der Waals surface area contributed by atoms with Gasteiger partial charge in [-0.05, 0) is 44.1 Å². The van der Waals surface area contributed by atoms with E-state index in [1.807, 2.05) is 6.33 Å². The summed E-state index contributed by atoms with van der Waals surface area (Å²) in [6.45, 7) is 3.75. The fraction of sp³-hybridized carbons (Fsp3) is 0.800. The molecule has 0 spiro atoms. The Morgan fingerprint density at radius 2 is 2.32 bits per heavy atom. The van der Waals surface area contributed by atoms with E-state index < -0.39 is 0 Å². The highest BCUT2D eigenvalue weighted by atomic mass is 15.1. The Bertz CT molecular complexity index is 414. The van der Waals surface area contributed by atoms with Crippen molar-refractivity contribution in [3.63, 3.8) is 0 Å². The van der Waals surface area contributed by atoms with Crippen molar-refractivity contribution >= 4 is 0 Å². The van der Waals surface area contributed by atoms with Crippen molar-refractivity contribution in [1.82, 2.24) is 14.5 Å². The first kappa shape index (κ1) is 13.1. The van der Waals surface area contributed by atoms with Gasteiger partial charge in [-0.3, -0.25) is 0 Å². The molecule has 2 aliphatic rings. The van der Waals surface area contributed by atoms with Crippen LogP contribution < -0.4 is 5.73 Å². The van der Waals surface area contributed by atoms with Crippen molar-refractivity contribution in [2.75, 3.05) is 20.1 Å². The summed E-state index contributed by atoms with van der Waals surface area (Å²) in [4.78, 5) is 6.91. The van der Waals surface area contributed by atoms with Crippen LogP contribution in [-0.4, -0.2) is 34.6 Å². The Hall–Kier alpha value is -0.870. The van der Waals surface area contributed by atoms with Crippen molar-refractivity contribution in [2.45, 2.75) is 38.8 Å². The van der Waals surface area contributed by atoms with Crippen molar-refractivity contribution in [3.8, 4) is 0 Å². The zero-order valence-corrected chi connectivity index (χ0v) is 12.0. The highest BCUT2D eigenvalue weighted by Crippen LogP contribution is 2.48. The van der Waals surface area contributed by atoms with E-state index in [-0.39, 0.29) is 0 Å². The van der Waals surface area contributed by atoms with E-state index in [9.17, 15) is 0 Å². The standard InChI is InChI=1S/C15H26N4/c1-18(8-14-7-12-2-3-13(14)6-12)9-15-10-19(5-4-16)11-17-15/h10-14H,2-9,16H2,1H3. The van der Waals surface area contributed by atoms with Crippen LogP contribution in [-0.2, 0) is 13.1 Å². The third kappa shape index (κ3) is 3.00. The number of nitrogens with two attached hydrogens (primary N) is 1. The van der Waals surface area contributed by atoms with Gasteiger partial charge in [-0.25, -0.2) is 4.98 Å². The second kappa shape index (κ2) is 5.63. The number of hydrogen-bond acceptors (Lipinski definition) is 3. The molecule has 1 aromatic rings. The summed E-state index contributed by atoms with van der Waals surface area (Å²) < 4.78 is 2.08. The lowest BCUT2D eigenvalue weighted by molar-refractivity contribution is 0.213. The van der Waals surface area contributed by atoms with E-state index in [0.717, 1.165) is 30.8 Å². The number of hydrogen-bond donors (Lipinski definition) is 1. The van der Waals surface area contributed by atoms with Crippen molar-refractivity contribution < 1.29 is 0 Å². The first-order valence-electron chi connectivity index (χ1n) is 7.64. The lowest BCUT2D eigenvalue weighted by Gasteiger charge is -2.26. The molecule has 2 fully saturated rings. The summed E-state index contributed by atoms with van der Waals surface area (Å²) in [6, 6.07) is 0. The van der Waals surface area contributed by atoms with Crippen LogP contribution >= 0.6 is 0 Å². The molecule has 4 nitrogen and oxygen atoms in total. The zero-order chi connectivity index (χ0) is 13.2. The molecule has 0 radical (unpaired) electrons. The Morgan fingerprint density at radius 1 is 1.42 bits per heavy atom.